The fourth-order valence-corrected chi connectivity index (χ4v) is 0.214. The molecule has 0 aliphatic carbocycles. The van der Waals surface area contributed by atoms with Crippen LogP contribution in [-0.4, -0.2) is 19.3 Å². The molecule has 0 radical (unpaired) electrons. The van der Waals surface area contributed by atoms with Gasteiger partial charge in [-0.05, 0) is 6.92 Å². The summed E-state index contributed by atoms with van der Waals surface area (Å²) in [4.78, 5) is 3.83. The maximum Gasteiger partial charge on any atom is 0.0995 e. The standard InChI is InChI=1S/C4H10N4/c1-4(6-2)3-7-8-5/h3H2,1-2H3,(H2,5,7). The quantitative estimate of drug-likeness (QED) is 0.240. The molecule has 0 atom stereocenters. The zero-order chi connectivity index (χ0) is 6.41. The van der Waals surface area contributed by atoms with Gasteiger partial charge in [-0.2, -0.15) is 5.11 Å². The maximum atomic E-state index is 4.73. The zero-order valence-corrected chi connectivity index (χ0v) is 5.13. The summed E-state index contributed by atoms with van der Waals surface area (Å²) in [6, 6.07) is 0. The molecule has 0 aromatic carbocycles. The number of nitrogens with zero attached hydrogens (tertiary/aromatic N) is 3. The van der Waals surface area contributed by atoms with Gasteiger partial charge in [-0.1, -0.05) is 5.22 Å². The van der Waals surface area contributed by atoms with Gasteiger partial charge in [0.15, 0.2) is 0 Å². The van der Waals surface area contributed by atoms with E-state index >= 15 is 0 Å². The van der Waals surface area contributed by atoms with Gasteiger partial charge in [0, 0.05) is 12.8 Å². The first kappa shape index (κ1) is 7.07. The van der Waals surface area contributed by atoms with Gasteiger partial charge in [0.1, 0.15) is 0 Å². The fourth-order valence-electron chi connectivity index (χ4n) is 0.214. The third kappa shape index (κ3) is 3.27. The van der Waals surface area contributed by atoms with Crippen LogP contribution in [0.5, 0.6) is 0 Å². The van der Waals surface area contributed by atoms with Crippen molar-refractivity contribution in [3.8, 4) is 0 Å². The second-order valence-corrected chi connectivity index (χ2v) is 1.37. The third-order valence-corrected chi connectivity index (χ3v) is 0.763. The van der Waals surface area contributed by atoms with Gasteiger partial charge in [0.05, 0.1) is 6.54 Å². The van der Waals surface area contributed by atoms with Crippen molar-refractivity contribution in [2.75, 3.05) is 13.6 Å². The second-order valence-electron chi connectivity index (χ2n) is 1.37. The molecule has 0 fully saturated rings. The molecule has 0 aliphatic heterocycles. The van der Waals surface area contributed by atoms with Crippen LogP contribution in [0.4, 0.5) is 0 Å². The Morgan fingerprint density at radius 3 is 2.62 bits per heavy atom. The highest BCUT2D eigenvalue weighted by atomic mass is 15.3. The first-order valence-electron chi connectivity index (χ1n) is 2.30. The van der Waals surface area contributed by atoms with Crippen molar-refractivity contribution >= 4 is 5.71 Å². The minimum absolute atomic E-state index is 0.507. The molecule has 0 bridgehead atoms. The number of aliphatic imine (C=N–C) groups is 1. The summed E-state index contributed by atoms with van der Waals surface area (Å²) >= 11 is 0. The Bertz CT molecular complexity index is 105. The minimum atomic E-state index is 0.507. The van der Waals surface area contributed by atoms with Crippen molar-refractivity contribution in [3.05, 3.63) is 0 Å². The van der Waals surface area contributed by atoms with Crippen molar-refractivity contribution in [2.24, 2.45) is 21.2 Å². The molecule has 0 saturated carbocycles. The van der Waals surface area contributed by atoms with Crippen molar-refractivity contribution in [1.29, 1.82) is 0 Å². The summed E-state index contributed by atoms with van der Waals surface area (Å²) in [7, 11) is 1.71. The number of rotatable bonds is 2. The molecule has 0 saturated heterocycles. The second kappa shape index (κ2) is 4.23. The molecule has 0 amide bonds. The Morgan fingerprint density at radius 1 is 1.62 bits per heavy atom. The lowest BCUT2D eigenvalue weighted by atomic mass is 10.4. The highest BCUT2D eigenvalue weighted by Crippen LogP contribution is 1.75. The number of nitrogens with two attached hydrogens (primary N) is 1. The summed E-state index contributed by atoms with van der Waals surface area (Å²) < 4.78 is 0. The van der Waals surface area contributed by atoms with Crippen LogP contribution in [0.2, 0.25) is 0 Å². The lowest BCUT2D eigenvalue weighted by Crippen LogP contribution is -1.95. The molecular weight excluding hydrogens is 104 g/mol. The largest absolute Gasteiger partial charge is 0.305 e. The lowest BCUT2D eigenvalue weighted by Gasteiger charge is -1.86. The molecule has 0 heterocycles. The predicted octanol–water partition coefficient (Wildman–Crippen LogP) is 0.403. The molecule has 8 heavy (non-hydrogen) atoms. The number of hydrogen-bond donors (Lipinski definition) is 1. The van der Waals surface area contributed by atoms with Crippen LogP contribution in [0.15, 0.2) is 15.3 Å². The number of hydrogen-bond acceptors (Lipinski definition) is 3. The lowest BCUT2D eigenvalue weighted by molar-refractivity contribution is 0.979. The van der Waals surface area contributed by atoms with Crippen molar-refractivity contribution in [3.63, 3.8) is 0 Å². The van der Waals surface area contributed by atoms with E-state index in [1.54, 1.807) is 7.05 Å². The summed E-state index contributed by atoms with van der Waals surface area (Å²) in [5, 5.41) is 6.58. The van der Waals surface area contributed by atoms with E-state index in [1.165, 1.54) is 0 Å². The normalized spacial score (nSPS) is 13.0. The molecule has 0 aromatic rings. The van der Waals surface area contributed by atoms with Crippen molar-refractivity contribution < 1.29 is 0 Å². The first-order valence-corrected chi connectivity index (χ1v) is 2.30. The van der Waals surface area contributed by atoms with E-state index in [0.29, 0.717) is 6.54 Å². The molecule has 4 nitrogen and oxygen atoms in total. The van der Waals surface area contributed by atoms with E-state index in [4.69, 9.17) is 5.84 Å². The zero-order valence-electron chi connectivity index (χ0n) is 5.13. The van der Waals surface area contributed by atoms with Gasteiger partial charge >= 0.3 is 0 Å². The van der Waals surface area contributed by atoms with Crippen LogP contribution in [0, 0.1) is 0 Å². The van der Waals surface area contributed by atoms with Crippen molar-refractivity contribution in [1.82, 2.24) is 0 Å². The van der Waals surface area contributed by atoms with E-state index in [9.17, 15) is 0 Å². The Morgan fingerprint density at radius 2 is 2.25 bits per heavy atom. The maximum absolute atomic E-state index is 4.73. The third-order valence-electron chi connectivity index (χ3n) is 0.763. The topological polar surface area (TPSA) is 63.1 Å². The van der Waals surface area contributed by atoms with Crippen LogP contribution < -0.4 is 5.84 Å². The summed E-state index contributed by atoms with van der Waals surface area (Å²) in [6.07, 6.45) is 0. The first-order chi connectivity index (χ1) is 3.81. The fraction of sp³-hybridized carbons (Fsp3) is 0.750. The van der Waals surface area contributed by atoms with Gasteiger partial charge in [-0.15, -0.1) is 0 Å². The van der Waals surface area contributed by atoms with Crippen LogP contribution in [0.3, 0.4) is 0 Å². The van der Waals surface area contributed by atoms with Gasteiger partial charge < -0.3 is 5.84 Å². The molecular formula is C4H10N4. The molecule has 46 valence electrons. The molecule has 2 N–H and O–H groups in total. The highest BCUT2D eigenvalue weighted by molar-refractivity contribution is 5.83. The Labute approximate surface area is 48.5 Å². The van der Waals surface area contributed by atoms with E-state index in [2.05, 4.69) is 15.3 Å². The summed E-state index contributed by atoms with van der Waals surface area (Å²) in [5.41, 5.74) is 0.930. The van der Waals surface area contributed by atoms with E-state index in [-0.39, 0.29) is 0 Å². The van der Waals surface area contributed by atoms with Crippen molar-refractivity contribution in [2.45, 2.75) is 6.92 Å². The molecule has 0 rings (SSSR count). The highest BCUT2D eigenvalue weighted by Gasteiger charge is 1.81. The Balaban J connectivity index is 3.40. The SMILES string of the molecule is CN=C(C)CN=NN. The molecule has 0 unspecified atom stereocenters. The smallest absolute Gasteiger partial charge is 0.0995 e. The van der Waals surface area contributed by atoms with Crippen LogP contribution in [0.25, 0.3) is 0 Å². The van der Waals surface area contributed by atoms with Gasteiger partial charge in [-0.3, -0.25) is 4.99 Å². The van der Waals surface area contributed by atoms with Gasteiger partial charge in [0.2, 0.25) is 0 Å². The van der Waals surface area contributed by atoms with Crippen LogP contribution in [0.1, 0.15) is 6.92 Å². The monoisotopic (exact) mass is 114 g/mol. The predicted molar refractivity (Wildman–Crippen MR) is 32.9 cm³/mol. The Hall–Kier alpha value is -0.930. The summed E-state index contributed by atoms with van der Waals surface area (Å²) in [6.45, 7) is 2.38. The van der Waals surface area contributed by atoms with E-state index in [0.717, 1.165) is 5.71 Å². The van der Waals surface area contributed by atoms with Crippen LogP contribution >= 0.6 is 0 Å². The molecule has 0 aliphatic rings. The van der Waals surface area contributed by atoms with Crippen LogP contribution in [-0.2, 0) is 0 Å². The van der Waals surface area contributed by atoms with E-state index < -0.39 is 0 Å². The van der Waals surface area contributed by atoms with Gasteiger partial charge in [0.25, 0.3) is 0 Å². The minimum Gasteiger partial charge on any atom is -0.305 e. The summed E-state index contributed by atoms with van der Waals surface area (Å²) in [5.74, 6) is 4.73. The van der Waals surface area contributed by atoms with E-state index in [1.807, 2.05) is 6.92 Å². The average Bonchev–Trinajstić information content (AvgIpc) is 1.83. The van der Waals surface area contributed by atoms with Gasteiger partial charge in [-0.25, -0.2) is 0 Å². The molecule has 0 aromatic heterocycles. The molecule has 4 heteroatoms. The average molecular weight is 114 g/mol. The molecule has 0 spiro atoms. The Kier molecular flexibility index (Phi) is 3.74.